The van der Waals surface area contributed by atoms with Crippen LogP contribution in [-0.4, -0.2) is 10.2 Å². The van der Waals surface area contributed by atoms with Gasteiger partial charge in [-0.3, -0.25) is 10.9 Å². The third-order valence-corrected chi connectivity index (χ3v) is 2.88. The van der Waals surface area contributed by atoms with E-state index in [2.05, 4.69) is 0 Å². The summed E-state index contributed by atoms with van der Waals surface area (Å²) in [7, 11) is 0. The predicted molar refractivity (Wildman–Crippen MR) is 71.8 cm³/mol. The fraction of sp³-hybridized carbons (Fsp3) is 0.143. The SMILES string of the molecule is OCc1cc(F)c(NNc2c(F)cc(CO)cc2F)c(F)c1. The van der Waals surface area contributed by atoms with E-state index in [1.807, 2.05) is 10.9 Å². The molecule has 0 atom stereocenters. The fourth-order valence-electron chi connectivity index (χ4n) is 1.80. The van der Waals surface area contributed by atoms with Gasteiger partial charge in [-0.05, 0) is 35.4 Å². The first-order valence-electron chi connectivity index (χ1n) is 6.15. The Kier molecular flexibility index (Phi) is 4.84. The zero-order valence-electron chi connectivity index (χ0n) is 11.1. The van der Waals surface area contributed by atoms with Crippen LogP contribution in [0.1, 0.15) is 11.1 Å². The van der Waals surface area contributed by atoms with Crippen LogP contribution >= 0.6 is 0 Å². The highest BCUT2D eigenvalue weighted by Crippen LogP contribution is 2.24. The summed E-state index contributed by atoms with van der Waals surface area (Å²) in [5.41, 5.74) is 2.82. The monoisotopic (exact) mass is 316 g/mol. The molecule has 2 rings (SSSR count). The molecule has 0 amide bonds. The Balaban J connectivity index is 2.24. The first kappa shape index (κ1) is 16.1. The van der Waals surface area contributed by atoms with E-state index in [1.165, 1.54) is 0 Å². The van der Waals surface area contributed by atoms with Gasteiger partial charge in [-0.15, -0.1) is 0 Å². The van der Waals surface area contributed by atoms with Crippen LogP contribution in [0.15, 0.2) is 24.3 Å². The Morgan fingerprint density at radius 3 is 1.14 bits per heavy atom. The van der Waals surface area contributed by atoms with Crippen molar-refractivity contribution in [1.29, 1.82) is 0 Å². The number of hydrazine groups is 1. The summed E-state index contributed by atoms with van der Waals surface area (Å²) in [6, 6.07) is 3.53. The number of halogens is 4. The van der Waals surface area contributed by atoms with Crippen molar-refractivity contribution in [1.82, 2.24) is 0 Å². The lowest BCUT2D eigenvalue weighted by Crippen LogP contribution is -2.15. The van der Waals surface area contributed by atoms with Crippen molar-refractivity contribution in [3.63, 3.8) is 0 Å². The van der Waals surface area contributed by atoms with Gasteiger partial charge in [0.1, 0.15) is 11.4 Å². The van der Waals surface area contributed by atoms with Crippen molar-refractivity contribution in [2.24, 2.45) is 0 Å². The number of nitrogens with one attached hydrogen (secondary N) is 2. The first-order chi connectivity index (χ1) is 10.5. The number of rotatable bonds is 5. The van der Waals surface area contributed by atoms with E-state index < -0.39 is 47.9 Å². The minimum absolute atomic E-state index is 0.0187. The summed E-state index contributed by atoms with van der Waals surface area (Å²) >= 11 is 0. The molecule has 0 aromatic heterocycles. The summed E-state index contributed by atoms with van der Waals surface area (Å²) in [4.78, 5) is 0. The number of hydrogen-bond acceptors (Lipinski definition) is 4. The minimum Gasteiger partial charge on any atom is -0.392 e. The lowest BCUT2D eigenvalue weighted by Gasteiger charge is -2.14. The Bertz CT molecular complexity index is 589. The van der Waals surface area contributed by atoms with Crippen LogP contribution in [0.4, 0.5) is 28.9 Å². The molecule has 0 fully saturated rings. The Hall–Kier alpha value is -2.32. The quantitative estimate of drug-likeness (QED) is 0.506. The lowest BCUT2D eigenvalue weighted by atomic mass is 10.2. The number of aliphatic hydroxyl groups is 2. The van der Waals surface area contributed by atoms with Gasteiger partial charge in [-0.25, -0.2) is 17.6 Å². The molecule has 4 nitrogen and oxygen atoms in total. The molecule has 0 aliphatic heterocycles. The topological polar surface area (TPSA) is 64.5 Å². The lowest BCUT2D eigenvalue weighted by molar-refractivity contribution is 0.280. The van der Waals surface area contributed by atoms with Gasteiger partial charge in [0.2, 0.25) is 0 Å². The molecule has 4 N–H and O–H groups in total. The van der Waals surface area contributed by atoms with Gasteiger partial charge in [0.05, 0.1) is 13.2 Å². The van der Waals surface area contributed by atoms with Gasteiger partial charge in [0.15, 0.2) is 23.3 Å². The smallest absolute Gasteiger partial charge is 0.151 e. The summed E-state index contributed by atoms with van der Waals surface area (Å²) in [5, 5.41) is 17.6. The summed E-state index contributed by atoms with van der Waals surface area (Å²) in [6.45, 7) is -1.10. The summed E-state index contributed by atoms with van der Waals surface area (Å²) in [6.07, 6.45) is 0. The van der Waals surface area contributed by atoms with Crippen molar-refractivity contribution in [2.75, 3.05) is 10.9 Å². The van der Waals surface area contributed by atoms with E-state index in [0.29, 0.717) is 0 Å². The number of anilines is 2. The van der Waals surface area contributed by atoms with E-state index in [-0.39, 0.29) is 11.1 Å². The zero-order valence-corrected chi connectivity index (χ0v) is 11.1. The van der Waals surface area contributed by atoms with Crippen LogP contribution in [0.25, 0.3) is 0 Å². The van der Waals surface area contributed by atoms with E-state index in [9.17, 15) is 17.6 Å². The highest BCUT2D eigenvalue weighted by atomic mass is 19.1. The molecule has 0 saturated carbocycles. The molecular formula is C14H12F4N2O2. The van der Waals surface area contributed by atoms with Crippen molar-refractivity contribution in [3.8, 4) is 0 Å². The van der Waals surface area contributed by atoms with E-state index in [1.54, 1.807) is 0 Å². The fourth-order valence-corrected chi connectivity index (χ4v) is 1.80. The molecule has 0 aliphatic rings. The second kappa shape index (κ2) is 6.63. The van der Waals surface area contributed by atoms with Crippen LogP contribution < -0.4 is 10.9 Å². The molecule has 22 heavy (non-hydrogen) atoms. The standard InChI is InChI=1S/C14H12F4N2O2/c15-9-1-7(5-21)2-10(16)13(9)19-20-14-11(17)3-8(6-22)4-12(14)18/h1-4,19-22H,5-6H2. The Labute approximate surface area is 123 Å². The number of benzene rings is 2. The third-order valence-electron chi connectivity index (χ3n) is 2.88. The van der Waals surface area contributed by atoms with Crippen LogP contribution in [-0.2, 0) is 13.2 Å². The second-order valence-corrected chi connectivity index (χ2v) is 4.44. The van der Waals surface area contributed by atoms with Gasteiger partial charge in [0.25, 0.3) is 0 Å². The molecule has 2 aromatic rings. The molecule has 2 aromatic carbocycles. The molecule has 0 aliphatic carbocycles. The molecule has 0 bridgehead atoms. The van der Waals surface area contributed by atoms with E-state index in [4.69, 9.17) is 10.2 Å². The van der Waals surface area contributed by atoms with Crippen LogP contribution in [0.3, 0.4) is 0 Å². The van der Waals surface area contributed by atoms with Gasteiger partial charge in [-0.2, -0.15) is 0 Å². The third kappa shape index (κ3) is 3.29. The predicted octanol–water partition coefficient (Wildman–Crippen LogP) is 2.67. The first-order valence-corrected chi connectivity index (χ1v) is 6.15. The van der Waals surface area contributed by atoms with Gasteiger partial charge in [-0.1, -0.05) is 0 Å². The Morgan fingerprint density at radius 1 is 0.636 bits per heavy atom. The molecule has 8 heteroatoms. The van der Waals surface area contributed by atoms with E-state index >= 15 is 0 Å². The maximum absolute atomic E-state index is 13.6. The second-order valence-electron chi connectivity index (χ2n) is 4.44. The summed E-state index contributed by atoms with van der Waals surface area (Å²) < 4.78 is 54.6. The molecular weight excluding hydrogens is 304 g/mol. The zero-order chi connectivity index (χ0) is 16.3. The molecule has 0 unspecified atom stereocenters. The van der Waals surface area contributed by atoms with Crippen molar-refractivity contribution < 1.29 is 27.8 Å². The van der Waals surface area contributed by atoms with Crippen molar-refractivity contribution in [3.05, 3.63) is 58.7 Å². The summed E-state index contributed by atoms with van der Waals surface area (Å²) in [5.74, 6) is -4.15. The minimum atomic E-state index is -1.04. The average Bonchev–Trinajstić information content (AvgIpc) is 2.47. The van der Waals surface area contributed by atoms with E-state index in [0.717, 1.165) is 24.3 Å². The normalized spacial score (nSPS) is 10.6. The largest absolute Gasteiger partial charge is 0.392 e. The van der Waals surface area contributed by atoms with Crippen molar-refractivity contribution in [2.45, 2.75) is 13.2 Å². The highest BCUT2D eigenvalue weighted by Gasteiger charge is 2.14. The van der Waals surface area contributed by atoms with Gasteiger partial charge < -0.3 is 10.2 Å². The van der Waals surface area contributed by atoms with Crippen LogP contribution in [0.2, 0.25) is 0 Å². The maximum Gasteiger partial charge on any atom is 0.151 e. The van der Waals surface area contributed by atoms with Crippen LogP contribution in [0, 0.1) is 23.3 Å². The Morgan fingerprint density at radius 2 is 0.909 bits per heavy atom. The number of hydrogen-bond donors (Lipinski definition) is 4. The van der Waals surface area contributed by atoms with Crippen LogP contribution in [0.5, 0.6) is 0 Å². The molecule has 0 heterocycles. The van der Waals surface area contributed by atoms with Gasteiger partial charge in [0, 0.05) is 0 Å². The average molecular weight is 316 g/mol. The van der Waals surface area contributed by atoms with Crippen molar-refractivity contribution >= 4 is 11.4 Å². The molecule has 0 spiro atoms. The number of aliphatic hydroxyl groups excluding tert-OH is 2. The molecule has 118 valence electrons. The highest BCUT2D eigenvalue weighted by molar-refractivity contribution is 5.56. The molecule has 0 radical (unpaired) electrons. The maximum atomic E-state index is 13.6. The molecule has 0 saturated heterocycles. The van der Waals surface area contributed by atoms with Gasteiger partial charge >= 0.3 is 0 Å².